The van der Waals surface area contributed by atoms with Crippen molar-refractivity contribution in [1.82, 2.24) is 14.6 Å². The first kappa shape index (κ1) is 16.0. The van der Waals surface area contributed by atoms with Crippen LogP contribution in [0.4, 0.5) is 8.78 Å². The number of aryl methyl sites for hydroxylation is 1. The molecule has 0 bridgehead atoms. The van der Waals surface area contributed by atoms with E-state index in [0.29, 0.717) is 22.5 Å². The number of nitrogens with one attached hydrogen (secondary N) is 1. The maximum atomic E-state index is 14.3. The van der Waals surface area contributed by atoms with Gasteiger partial charge in [0.15, 0.2) is 5.65 Å². The normalized spacial score (nSPS) is 11.2. The van der Waals surface area contributed by atoms with Gasteiger partial charge in [0.2, 0.25) is 0 Å². The van der Waals surface area contributed by atoms with Gasteiger partial charge in [-0.25, -0.2) is 18.3 Å². The molecule has 0 radical (unpaired) electrons. The molecule has 0 aliphatic heterocycles. The second-order valence-corrected chi connectivity index (χ2v) is 5.92. The highest BCUT2D eigenvalue weighted by atomic mass is 19.1. The number of H-pyrrole nitrogens is 1. The van der Waals surface area contributed by atoms with E-state index in [0.717, 1.165) is 12.1 Å². The minimum Gasteiger partial charge on any atom is -0.508 e. The number of nitrogens with zero attached hydrogens (tertiary/aromatic N) is 2. The number of rotatable bonds is 2. The van der Waals surface area contributed by atoms with Gasteiger partial charge in [-0.05, 0) is 43.3 Å². The Balaban J connectivity index is 2.01. The fourth-order valence-corrected chi connectivity index (χ4v) is 2.94. The molecule has 7 heteroatoms. The summed E-state index contributed by atoms with van der Waals surface area (Å²) in [6.45, 7) is 1.69. The molecule has 130 valence electrons. The molecule has 4 rings (SSSR count). The maximum absolute atomic E-state index is 14.3. The van der Waals surface area contributed by atoms with Crippen molar-refractivity contribution in [3.05, 3.63) is 76.2 Å². The fraction of sp³-hybridized carbons (Fsp3) is 0.0526. The lowest BCUT2D eigenvalue weighted by atomic mass is 10.1. The van der Waals surface area contributed by atoms with Gasteiger partial charge in [-0.15, -0.1) is 0 Å². The molecular weight excluding hydrogens is 340 g/mol. The van der Waals surface area contributed by atoms with Crippen molar-refractivity contribution in [2.45, 2.75) is 6.92 Å². The van der Waals surface area contributed by atoms with Crippen LogP contribution in [0.5, 0.6) is 5.75 Å². The molecule has 0 unspecified atom stereocenters. The Labute approximate surface area is 146 Å². The highest BCUT2D eigenvalue weighted by Gasteiger charge is 2.18. The summed E-state index contributed by atoms with van der Waals surface area (Å²) in [5.74, 6) is -1.32. The molecule has 0 saturated carbocycles. The largest absolute Gasteiger partial charge is 0.508 e. The fourth-order valence-electron chi connectivity index (χ4n) is 2.94. The molecule has 4 aromatic rings. The molecule has 0 spiro atoms. The van der Waals surface area contributed by atoms with Crippen LogP contribution in [0.1, 0.15) is 5.69 Å². The van der Waals surface area contributed by atoms with E-state index in [1.165, 1.54) is 28.8 Å². The molecule has 0 aliphatic carbocycles. The van der Waals surface area contributed by atoms with E-state index in [9.17, 15) is 18.7 Å². The van der Waals surface area contributed by atoms with Gasteiger partial charge in [0.05, 0.1) is 5.69 Å². The third-order valence-corrected chi connectivity index (χ3v) is 4.16. The Morgan fingerprint density at radius 2 is 1.81 bits per heavy atom. The van der Waals surface area contributed by atoms with Gasteiger partial charge in [0, 0.05) is 34.5 Å². The zero-order valence-corrected chi connectivity index (χ0v) is 13.6. The number of hydrogen-bond donors (Lipinski definition) is 2. The number of halogens is 2. The van der Waals surface area contributed by atoms with E-state index in [-0.39, 0.29) is 22.5 Å². The highest BCUT2D eigenvalue weighted by Crippen LogP contribution is 2.30. The first-order valence-electron chi connectivity index (χ1n) is 7.81. The van der Waals surface area contributed by atoms with Crippen LogP contribution in [-0.4, -0.2) is 19.7 Å². The van der Waals surface area contributed by atoms with Crippen molar-refractivity contribution in [2.24, 2.45) is 0 Å². The Hall–Kier alpha value is -3.48. The number of hydrogen-bond acceptors (Lipinski definition) is 3. The van der Waals surface area contributed by atoms with Crippen LogP contribution < -0.4 is 5.56 Å². The van der Waals surface area contributed by atoms with Crippen LogP contribution in [0.3, 0.4) is 0 Å². The number of aromatic hydroxyl groups is 1. The van der Waals surface area contributed by atoms with Gasteiger partial charge in [-0.3, -0.25) is 9.89 Å². The molecular formula is C19H13F2N3O2. The standard InChI is InChI=1S/C19H13F2N3O2/c1-10-18(14-7-4-12(20)8-15(14)21)19-22-16(9-17(26)24(19)23-10)11-2-5-13(25)6-3-11/h2-9,23,25H,1H3. The second kappa shape index (κ2) is 5.80. The maximum Gasteiger partial charge on any atom is 0.273 e. The van der Waals surface area contributed by atoms with Crippen molar-refractivity contribution >= 4 is 5.65 Å². The topological polar surface area (TPSA) is 70.4 Å². The smallest absolute Gasteiger partial charge is 0.273 e. The van der Waals surface area contributed by atoms with Crippen LogP contribution >= 0.6 is 0 Å². The number of aromatic amines is 1. The highest BCUT2D eigenvalue weighted by molar-refractivity contribution is 5.81. The number of benzene rings is 2. The zero-order valence-electron chi connectivity index (χ0n) is 13.6. The lowest BCUT2D eigenvalue weighted by Gasteiger charge is -2.05. The van der Waals surface area contributed by atoms with Gasteiger partial charge in [0.1, 0.15) is 17.4 Å². The lowest BCUT2D eigenvalue weighted by Crippen LogP contribution is -2.14. The van der Waals surface area contributed by atoms with Crippen molar-refractivity contribution in [1.29, 1.82) is 0 Å². The molecule has 0 aliphatic rings. The quantitative estimate of drug-likeness (QED) is 0.578. The van der Waals surface area contributed by atoms with E-state index in [1.54, 1.807) is 19.1 Å². The van der Waals surface area contributed by atoms with E-state index in [2.05, 4.69) is 10.1 Å². The van der Waals surface area contributed by atoms with Gasteiger partial charge < -0.3 is 5.11 Å². The van der Waals surface area contributed by atoms with Gasteiger partial charge >= 0.3 is 0 Å². The van der Waals surface area contributed by atoms with Crippen LogP contribution in [0, 0.1) is 18.6 Å². The summed E-state index contributed by atoms with van der Waals surface area (Å²) >= 11 is 0. The molecule has 0 saturated heterocycles. The SMILES string of the molecule is Cc1[nH]n2c(=O)cc(-c3ccc(O)cc3)nc2c1-c1ccc(F)cc1F. The molecule has 2 N–H and O–H groups in total. The summed E-state index contributed by atoms with van der Waals surface area (Å²) in [4.78, 5) is 17.0. The first-order chi connectivity index (χ1) is 12.4. The van der Waals surface area contributed by atoms with Crippen LogP contribution in [0.15, 0.2) is 53.3 Å². The summed E-state index contributed by atoms with van der Waals surface area (Å²) < 4.78 is 28.8. The van der Waals surface area contributed by atoms with Crippen LogP contribution in [0.2, 0.25) is 0 Å². The molecule has 0 amide bonds. The average molecular weight is 353 g/mol. The lowest BCUT2D eigenvalue weighted by molar-refractivity contribution is 0.475. The summed E-state index contributed by atoms with van der Waals surface area (Å²) in [6.07, 6.45) is 0. The molecule has 2 aromatic carbocycles. The molecule has 0 atom stereocenters. The monoisotopic (exact) mass is 353 g/mol. The van der Waals surface area contributed by atoms with Crippen molar-refractivity contribution in [3.63, 3.8) is 0 Å². The summed E-state index contributed by atoms with van der Waals surface area (Å²) in [5.41, 5.74) is 1.96. The van der Waals surface area contributed by atoms with Crippen LogP contribution in [0.25, 0.3) is 28.0 Å². The average Bonchev–Trinajstić information content (AvgIpc) is 2.92. The van der Waals surface area contributed by atoms with E-state index >= 15 is 0 Å². The molecule has 0 fully saturated rings. The van der Waals surface area contributed by atoms with E-state index < -0.39 is 11.6 Å². The molecule has 26 heavy (non-hydrogen) atoms. The van der Waals surface area contributed by atoms with Crippen molar-refractivity contribution in [2.75, 3.05) is 0 Å². The van der Waals surface area contributed by atoms with Crippen molar-refractivity contribution < 1.29 is 13.9 Å². The number of aromatic nitrogens is 3. The Kier molecular flexibility index (Phi) is 3.57. The minimum absolute atomic E-state index is 0.0955. The predicted molar refractivity (Wildman–Crippen MR) is 93.0 cm³/mol. The molecule has 2 aromatic heterocycles. The first-order valence-corrected chi connectivity index (χ1v) is 7.81. The third-order valence-electron chi connectivity index (χ3n) is 4.16. The molecule has 5 nitrogen and oxygen atoms in total. The van der Waals surface area contributed by atoms with Crippen LogP contribution in [-0.2, 0) is 0 Å². The number of phenols is 1. The second-order valence-electron chi connectivity index (χ2n) is 5.92. The van der Waals surface area contributed by atoms with E-state index in [4.69, 9.17) is 0 Å². The number of fused-ring (bicyclic) bond motifs is 1. The summed E-state index contributed by atoms with van der Waals surface area (Å²) in [6, 6.07) is 10.9. The van der Waals surface area contributed by atoms with E-state index in [1.807, 2.05) is 0 Å². The number of phenolic OH excluding ortho intramolecular Hbond substituents is 1. The Morgan fingerprint density at radius 1 is 1.08 bits per heavy atom. The zero-order chi connectivity index (χ0) is 18.4. The predicted octanol–water partition coefficient (Wildman–Crippen LogP) is 3.65. The third kappa shape index (κ3) is 2.54. The van der Waals surface area contributed by atoms with Gasteiger partial charge in [-0.2, -0.15) is 0 Å². The van der Waals surface area contributed by atoms with Gasteiger partial charge in [0.25, 0.3) is 5.56 Å². The summed E-state index contributed by atoms with van der Waals surface area (Å²) in [5, 5.41) is 12.3. The minimum atomic E-state index is -0.737. The van der Waals surface area contributed by atoms with Gasteiger partial charge in [-0.1, -0.05) is 0 Å². The Bertz CT molecular complexity index is 1190. The molecule has 2 heterocycles. The Morgan fingerprint density at radius 3 is 2.50 bits per heavy atom. The summed E-state index contributed by atoms with van der Waals surface area (Å²) in [7, 11) is 0. The van der Waals surface area contributed by atoms with Crippen molar-refractivity contribution in [3.8, 4) is 28.1 Å².